The molecule has 4 nitrogen and oxygen atoms in total. The number of nitrogens with one attached hydrogen (secondary N) is 2. The van der Waals surface area contributed by atoms with E-state index in [1.807, 2.05) is 24.3 Å². The lowest BCUT2D eigenvalue weighted by Gasteiger charge is -2.26. The van der Waals surface area contributed by atoms with Crippen LogP contribution in [-0.2, 0) is 17.5 Å². The molecule has 2 aromatic carbocycles. The van der Waals surface area contributed by atoms with Gasteiger partial charge in [-0.25, -0.2) is 0 Å². The van der Waals surface area contributed by atoms with E-state index >= 15 is 0 Å². The number of hydrogen-bond acceptors (Lipinski definition) is 3. The number of nitrogens with two attached hydrogens (primary N) is 1. The fraction of sp³-hybridized carbons (Fsp3) is 0.278. The monoisotopic (exact) mass is 429 g/mol. The standard InChI is InChI=1S/C18H19BrF3N3O/c1-17(2,24-10-11-5-3-4-6-14(11)19)16(26)25-12-7-8-15(23)13(9-12)18(20,21)22/h3-9,24H,10,23H2,1-2H3,(H,25,26). The molecule has 0 atom stereocenters. The number of hydrogen-bond donors (Lipinski definition) is 3. The lowest BCUT2D eigenvalue weighted by Crippen LogP contribution is -2.49. The van der Waals surface area contributed by atoms with Gasteiger partial charge in [0.1, 0.15) is 0 Å². The van der Waals surface area contributed by atoms with Crippen LogP contribution >= 0.6 is 15.9 Å². The molecule has 8 heteroatoms. The fourth-order valence-electron chi connectivity index (χ4n) is 2.21. The van der Waals surface area contributed by atoms with Crippen molar-refractivity contribution < 1.29 is 18.0 Å². The second-order valence-electron chi connectivity index (χ2n) is 6.32. The molecule has 0 aliphatic carbocycles. The topological polar surface area (TPSA) is 67.2 Å². The summed E-state index contributed by atoms with van der Waals surface area (Å²) in [5, 5.41) is 5.61. The summed E-state index contributed by atoms with van der Waals surface area (Å²) in [6.45, 7) is 3.72. The van der Waals surface area contributed by atoms with E-state index in [0.29, 0.717) is 6.54 Å². The third-order valence-corrected chi connectivity index (χ3v) is 4.64. The quantitative estimate of drug-likeness (QED) is 0.610. The van der Waals surface area contributed by atoms with Gasteiger partial charge in [0.05, 0.1) is 11.1 Å². The van der Waals surface area contributed by atoms with Gasteiger partial charge < -0.3 is 11.1 Å². The molecule has 2 aromatic rings. The van der Waals surface area contributed by atoms with Gasteiger partial charge in [-0.05, 0) is 43.7 Å². The molecule has 0 spiro atoms. The zero-order chi connectivity index (χ0) is 19.5. The fourth-order valence-corrected chi connectivity index (χ4v) is 2.63. The number of alkyl halides is 3. The Kier molecular flexibility index (Phi) is 5.98. The molecule has 0 unspecified atom stereocenters. The Morgan fingerprint density at radius 1 is 1.15 bits per heavy atom. The summed E-state index contributed by atoms with van der Waals surface area (Å²) in [6.07, 6.45) is -4.59. The SMILES string of the molecule is CC(C)(NCc1ccccc1Br)C(=O)Nc1ccc(N)c(C(F)(F)F)c1. The molecule has 0 saturated carbocycles. The van der Waals surface area contributed by atoms with E-state index < -0.39 is 23.2 Å². The zero-order valence-corrected chi connectivity index (χ0v) is 15.8. The van der Waals surface area contributed by atoms with Crippen LogP contribution in [0.5, 0.6) is 0 Å². The summed E-state index contributed by atoms with van der Waals surface area (Å²) in [4.78, 5) is 12.5. The highest BCUT2D eigenvalue weighted by Gasteiger charge is 2.34. The van der Waals surface area contributed by atoms with Gasteiger partial charge in [-0.15, -0.1) is 0 Å². The highest BCUT2D eigenvalue weighted by atomic mass is 79.9. The number of nitrogen functional groups attached to an aromatic ring is 1. The molecule has 140 valence electrons. The average molecular weight is 430 g/mol. The highest BCUT2D eigenvalue weighted by molar-refractivity contribution is 9.10. The van der Waals surface area contributed by atoms with Crippen molar-refractivity contribution in [3.05, 3.63) is 58.1 Å². The van der Waals surface area contributed by atoms with Crippen LogP contribution in [0.25, 0.3) is 0 Å². The molecule has 4 N–H and O–H groups in total. The molecule has 0 fully saturated rings. The van der Waals surface area contributed by atoms with E-state index in [1.54, 1.807) is 13.8 Å². The van der Waals surface area contributed by atoms with Crippen LogP contribution in [0.15, 0.2) is 46.9 Å². The van der Waals surface area contributed by atoms with Gasteiger partial charge in [0.15, 0.2) is 0 Å². The third-order valence-electron chi connectivity index (χ3n) is 3.86. The maximum Gasteiger partial charge on any atom is 0.418 e. The van der Waals surface area contributed by atoms with Crippen LogP contribution in [0.3, 0.4) is 0 Å². The number of rotatable bonds is 5. The number of halogens is 4. The first-order valence-corrected chi connectivity index (χ1v) is 8.56. The summed E-state index contributed by atoms with van der Waals surface area (Å²) >= 11 is 3.43. The van der Waals surface area contributed by atoms with Crippen molar-refractivity contribution in [1.29, 1.82) is 0 Å². The third kappa shape index (κ3) is 4.98. The normalized spacial score (nSPS) is 12.1. The zero-order valence-electron chi connectivity index (χ0n) is 14.2. The van der Waals surface area contributed by atoms with E-state index in [-0.39, 0.29) is 11.4 Å². The first-order valence-electron chi connectivity index (χ1n) is 7.77. The van der Waals surface area contributed by atoms with Crippen molar-refractivity contribution >= 4 is 33.2 Å². The van der Waals surface area contributed by atoms with E-state index in [2.05, 4.69) is 26.6 Å². The Labute approximate surface area is 158 Å². The first-order chi connectivity index (χ1) is 12.0. The van der Waals surface area contributed by atoms with Gasteiger partial charge in [0.25, 0.3) is 0 Å². The Morgan fingerprint density at radius 2 is 1.81 bits per heavy atom. The molecule has 0 aromatic heterocycles. The summed E-state index contributed by atoms with van der Waals surface area (Å²) < 4.78 is 39.7. The van der Waals surface area contributed by atoms with Gasteiger partial charge in [-0.1, -0.05) is 34.1 Å². The maximum absolute atomic E-state index is 12.9. The molecule has 0 radical (unpaired) electrons. The molecule has 0 saturated heterocycles. The van der Waals surface area contributed by atoms with Gasteiger partial charge in [0.2, 0.25) is 5.91 Å². The number of amides is 1. The van der Waals surface area contributed by atoms with E-state index in [9.17, 15) is 18.0 Å². The molecular weight excluding hydrogens is 411 g/mol. The van der Waals surface area contributed by atoms with Crippen molar-refractivity contribution in [1.82, 2.24) is 5.32 Å². The molecule has 0 heterocycles. The molecule has 0 aliphatic heterocycles. The summed E-state index contributed by atoms with van der Waals surface area (Å²) in [6, 6.07) is 10.8. The molecular formula is C18H19BrF3N3O. The minimum absolute atomic E-state index is 0.0345. The smallest absolute Gasteiger partial charge is 0.398 e. The molecule has 1 amide bonds. The molecule has 2 rings (SSSR count). The van der Waals surface area contributed by atoms with Gasteiger partial charge in [0, 0.05) is 22.4 Å². The first kappa shape index (κ1) is 20.3. The van der Waals surface area contributed by atoms with Gasteiger partial charge >= 0.3 is 6.18 Å². The number of benzene rings is 2. The maximum atomic E-state index is 12.9. The largest absolute Gasteiger partial charge is 0.418 e. The van der Waals surface area contributed by atoms with Crippen molar-refractivity contribution in [3.8, 4) is 0 Å². The van der Waals surface area contributed by atoms with Crippen molar-refractivity contribution in [2.45, 2.75) is 32.1 Å². The van der Waals surface area contributed by atoms with Crippen molar-refractivity contribution in [2.24, 2.45) is 0 Å². The van der Waals surface area contributed by atoms with Crippen molar-refractivity contribution in [2.75, 3.05) is 11.1 Å². The summed E-state index contributed by atoms with van der Waals surface area (Å²) in [5.41, 5.74) is 3.99. The van der Waals surface area contributed by atoms with E-state index in [4.69, 9.17) is 5.73 Å². The summed E-state index contributed by atoms with van der Waals surface area (Å²) in [7, 11) is 0. The number of carbonyl (C=O) groups is 1. The minimum Gasteiger partial charge on any atom is -0.398 e. The second kappa shape index (κ2) is 7.67. The summed E-state index contributed by atoms with van der Waals surface area (Å²) in [5.74, 6) is -0.456. The lowest BCUT2D eigenvalue weighted by molar-refractivity contribution is -0.137. The van der Waals surface area contributed by atoms with Crippen LogP contribution in [0.4, 0.5) is 24.5 Å². The Hall–Kier alpha value is -2.06. The second-order valence-corrected chi connectivity index (χ2v) is 7.18. The van der Waals surface area contributed by atoms with Crippen LogP contribution in [-0.4, -0.2) is 11.4 Å². The lowest BCUT2D eigenvalue weighted by atomic mass is 10.0. The Balaban J connectivity index is 2.09. The van der Waals surface area contributed by atoms with Crippen LogP contribution in [0.1, 0.15) is 25.0 Å². The van der Waals surface area contributed by atoms with Crippen LogP contribution < -0.4 is 16.4 Å². The number of carbonyl (C=O) groups excluding carboxylic acids is 1. The molecule has 0 aliphatic rings. The van der Waals surface area contributed by atoms with E-state index in [0.717, 1.165) is 22.2 Å². The predicted octanol–water partition coefficient (Wildman–Crippen LogP) is 4.56. The number of anilines is 2. The van der Waals surface area contributed by atoms with Crippen LogP contribution in [0.2, 0.25) is 0 Å². The Bertz CT molecular complexity index is 807. The minimum atomic E-state index is -4.59. The highest BCUT2D eigenvalue weighted by Crippen LogP contribution is 2.35. The average Bonchev–Trinajstić information content (AvgIpc) is 2.55. The van der Waals surface area contributed by atoms with Crippen molar-refractivity contribution in [3.63, 3.8) is 0 Å². The van der Waals surface area contributed by atoms with E-state index in [1.165, 1.54) is 6.07 Å². The molecule has 0 bridgehead atoms. The predicted molar refractivity (Wildman–Crippen MR) is 99.5 cm³/mol. The molecule has 26 heavy (non-hydrogen) atoms. The van der Waals surface area contributed by atoms with Crippen LogP contribution in [0, 0.1) is 0 Å². The van der Waals surface area contributed by atoms with Gasteiger partial charge in [-0.3, -0.25) is 10.1 Å². The Morgan fingerprint density at radius 3 is 2.42 bits per heavy atom. The van der Waals surface area contributed by atoms with Gasteiger partial charge in [-0.2, -0.15) is 13.2 Å².